The molecule has 0 spiro atoms. The lowest BCUT2D eigenvalue weighted by Crippen LogP contribution is -2.26. The number of aryl methyl sites for hydroxylation is 1. The van der Waals surface area contributed by atoms with Gasteiger partial charge in [-0.05, 0) is 32.0 Å². The minimum absolute atomic E-state index is 0.135. The summed E-state index contributed by atoms with van der Waals surface area (Å²) in [4.78, 5) is 11.7. The van der Waals surface area contributed by atoms with Crippen LogP contribution >= 0.6 is 0 Å². The van der Waals surface area contributed by atoms with Crippen LogP contribution < -0.4 is 16.8 Å². The van der Waals surface area contributed by atoms with E-state index < -0.39 is 0 Å². The summed E-state index contributed by atoms with van der Waals surface area (Å²) >= 11 is 0. The summed E-state index contributed by atoms with van der Waals surface area (Å²) in [5.41, 5.74) is 13.1. The average Bonchev–Trinajstić information content (AvgIpc) is 2.22. The molecule has 82 valence electrons. The number of hydrogen-bond donors (Lipinski definition) is 3. The number of nitrogens with one attached hydrogen (secondary N) is 1. The maximum atomic E-state index is 11.7. The van der Waals surface area contributed by atoms with Crippen LogP contribution in [0, 0.1) is 6.92 Å². The zero-order chi connectivity index (χ0) is 11.3. The van der Waals surface area contributed by atoms with Gasteiger partial charge in [0.05, 0.1) is 5.56 Å². The van der Waals surface area contributed by atoms with E-state index in [2.05, 4.69) is 5.32 Å². The van der Waals surface area contributed by atoms with Crippen LogP contribution in [0.25, 0.3) is 0 Å². The molecule has 0 aliphatic heterocycles. The number of hydrogen-bond acceptors (Lipinski definition) is 3. The van der Waals surface area contributed by atoms with Crippen molar-refractivity contribution in [1.29, 1.82) is 0 Å². The molecule has 1 amide bonds. The molecule has 4 heteroatoms. The van der Waals surface area contributed by atoms with Gasteiger partial charge in [-0.25, -0.2) is 0 Å². The largest absolute Gasteiger partial charge is 0.398 e. The van der Waals surface area contributed by atoms with Crippen molar-refractivity contribution in [3.8, 4) is 0 Å². The molecule has 15 heavy (non-hydrogen) atoms. The van der Waals surface area contributed by atoms with E-state index in [9.17, 15) is 4.79 Å². The van der Waals surface area contributed by atoms with E-state index in [-0.39, 0.29) is 5.91 Å². The standard InChI is InChI=1S/C11H17N3O/c1-8-3-4-10(13)9(7-8)11(15)14-6-2-5-12/h3-4,7H,2,5-6,12-13H2,1H3,(H,14,15). The lowest BCUT2D eigenvalue weighted by atomic mass is 10.1. The third-order valence-corrected chi connectivity index (χ3v) is 2.12. The van der Waals surface area contributed by atoms with Crippen LogP contribution in [0.5, 0.6) is 0 Å². The number of benzene rings is 1. The van der Waals surface area contributed by atoms with E-state index in [0.717, 1.165) is 12.0 Å². The Morgan fingerprint density at radius 1 is 1.47 bits per heavy atom. The Labute approximate surface area is 89.6 Å². The van der Waals surface area contributed by atoms with Crippen molar-refractivity contribution in [2.45, 2.75) is 13.3 Å². The molecule has 0 aromatic heterocycles. The monoisotopic (exact) mass is 207 g/mol. The highest BCUT2D eigenvalue weighted by Crippen LogP contribution is 2.13. The van der Waals surface area contributed by atoms with Crippen LogP contribution in [0.4, 0.5) is 5.69 Å². The van der Waals surface area contributed by atoms with Gasteiger partial charge in [-0.3, -0.25) is 4.79 Å². The summed E-state index contributed by atoms with van der Waals surface area (Å²) in [6.07, 6.45) is 0.775. The molecule has 0 heterocycles. The quantitative estimate of drug-likeness (QED) is 0.501. The predicted octanol–water partition coefficient (Wildman–Crippen LogP) is 0.656. The third-order valence-electron chi connectivity index (χ3n) is 2.12. The number of carbonyl (C=O) groups is 1. The summed E-state index contributed by atoms with van der Waals surface area (Å²) in [5, 5.41) is 2.77. The van der Waals surface area contributed by atoms with Gasteiger partial charge in [0.2, 0.25) is 0 Å². The first-order valence-electron chi connectivity index (χ1n) is 4.99. The fraction of sp³-hybridized carbons (Fsp3) is 0.364. The van der Waals surface area contributed by atoms with Crippen molar-refractivity contribution < 1.29 is 4.79 Å². The third kappa shape index (κ3) is 3.25. The van der Waals surface area contributed by atoms with Crippen molar-refractivity contribution in [1.82, 2.24) is 5.32 Å². The van der Waals surface area contributed by atoms with E-state index in [1.54, 1.807) is 12.1 Å². The van der Waals surface area contributed by atoms with Gasteiger partial charge in [-0.1, -0.05) is 11.6 Å². The highest BCUT2D eigenvalue weighted by atomic mass is 16.1. The lowest BCUT2D eigenvalue weighted by molar-refractivity contribution is 0.0954. The van der Waals surface area contributed by atoms with Crippen molar-refractivity contribution in [3.05, 3.63) is 29.3 Å². The summed E-state index contributed by atoms with van der Waals surface area (Å²) < 4.78 is 0. The topological polar surface area (TPSA) is 81.1 Å². The number of nitrogens with two attached hydrogens (primary N) is 2. The molecule has 5 N–H and O–H groups in total. The van der Waals surface area contributed by atoms with Gasteiger partial charge in [-0.2, -0.15) is 0 Å². The van der Waals surface area contributed by atoms with Gasteiger partial charge in [0.1, 0.15) is 0 Å². The molecule has 0 aliphatic carbocycles. The molecule has 0 fully saturated rings. The van der Waals surface area contributed by atoms with E-state index in [1.165, 1.54) is 0 Å². The summed E-state index contributed by atoms with van der Waals surface area (Å²) in [5.74, 6) is -0.135. The molecule has 1 aromatic rings. The fourth-order valence-corrected chi connectivity index (χ4v) is 1.27. The first-order valence-corrected chi connectivity index (χ1v) is 4.99. The molecule has 0 aliphatic rings. The second kappa shape index (κ2) is 5.36. The normalized spacial score (nSPS) is 10.0. The average molecular weight is 207 g/mol. The van der Waals surface area contributed by atoms with Gasteiger partial charge in [-0.15, -0.1) is 0 Å². The molecule has 0 atom stereocenters. The Bertz CT molecular complexity index is 350. The maximum Gasteiger partial charge on any atom is 0.253 e. The molecule has 1 aromatic carbocycles. The summed E-state index contributed by atoms with van der Waals surface area (Å²) in [6, 6.07) is 5.41. The molecule has 0 saturated heterocycles. The molecule has 0 unspecified atom stereocenters. The summed E-state index contributed by atoms with van der Waals surface area (Å²) in [7, 11) is 0. The minimum atomic E-state index is -0.135. The van der Waals surface area contributed by atoms with Gasteiger partial charge in [0.25, 0.3) is 5.91 Å². The minimum Gasteiger partial charge on any atom is -0.398 e. The first kappa shape index (κ1) is 11.5. The number of amides is 1. The van der Waals surface area contributed by atoms with Gasteiger partial charge >= 0.3 is 0 Å². The van der Waals surface area contributed by atoms with Crippen LogP contribution in [-0.2, 0) is 0 Å². The molecule has 0 saturated carbocycles. The zero-order valence-corrected chi connectivity index (χ0v) is 8.92. The number of carbonyl (C=O) groups excluding carboxylic acids is 1. The Kier molecular flexibility index (Phi) is 4.12. The predicted molar refractivity (Wildman–Crippen MR) is 61.6 cm³/mol. The smallest absolute Gasteiger partial charge is 0.253 e. The fourth-order valence-electron chi connectivity index (χ4n) is 1.27. The van der Waals surface area contributed by atoms with Crippen LogP contribution in [0.3, 0.4) is 0 Å². The molecule has 0 bridgehead atoms. The zero-order valence-electron chi connectivity index (χ0n) is 8.92. The van der Waals surface area contributed by atoms with Gasteiger partial charge in [0, 0.05) is 12.2 Å². The highest BCUT2D eigenvalue weighted by molar-refractivity contribution is 5.99. The SMILES string of the molecule is Cc1ccc(N)c(C(=O)NCCCN)c1. The van der Waals surface area contributed by atoms with Crippen molar-refractivity contribution >= 4 is 11.6 Å². The van der Waals surface area contributed by atoms with E-state index in [0.29, 0.717) is 24.3 Å². The van der Waals surface area contributed by atoms with Crippen molar-refractivity contribution in [3.63, 3.8) is 0 Å². The maximum absolute atomic E-state index is 11.7. The Morgan fingerprint density at radius 2 is 2.20 bits per heavy atom. The van der Waals surface area contributed by atoms with Crippen molar-refractivity contribution in [2.24, 2.45) is 5.73 Å². The summed E-state index contributed by atoms with van der Waals surface area (Å²) in [6.45, 7) is 3.09. The molecule has 4 nitrogen and oxygen atoms in total. The Balaban J connectivity index is 2.68. The van der Waals surface area contributed by atoms with Crippen LogP contribution in [0.1, 0.15) is 22.3 Å². The van der Waals surface area contributed by atoms with Crippen LogP contribution in [0.15, 0.2) is 18.2 Å². The second-order valence-corrected chi connectivity index (χ2v) is 3.49. The van der Waals surface area contributed by atoms with Crippen molar-refractivity contribution in [2.75, 3.05) is 18.8 Å². The van der Waals surface area contributed by atoms with Gasteiger partial charge < -0.3 is 16.8 Å². The second-order valence-electron chi connectivity index (χ2n) is 3.49. The number of rotatable bonds is 4. The van der Waals surface area contributed by atoms with Gasteiger partial charge in [0.15, 0.2) is 0 Å². The molecule has 1 rings (SSSR count). The van der Waals surface area contributed by atoms with Crippen LogP contribution in [0.2, 0.25) is 0 Å². The number of anilines is 1. The van der Waals surface area contributed by atoms with E-state index in [1.807, 2.05) is 13.0 Å². The Hall–Kier alpha value is -1.55. The lowest BCUT2D eigenvalue weighted by Gasteiger charge is -2.07. The van der Waals surface area contributed by atoms with Crippen LogP contribution in [-0.4, -0.2) is 19.0 Å². The van der Waals surface area contributed by atoms with E-state index in [4.69, 9.17) is 11.5 Å². The Morgan fingerprint density at radius 3 is 2.87 bits per heavy atom. The highest BCUT2D eigenvalue weighted by Gasteiger charge is 2.08. The molecular weight excluding hydrogens is 190 g/mol. The molecular formula is C11H17N3O. The molecule has 0 radical (unpaired) electrons. The van der Waals surface area contributed by atoms with E-state index >= 15 is 0 Å². The number of nitrogen functional groups attached to an aromatic ring is 1. The first-order chi connectivity index (χ1) is 7.15.